The van der Waals surface area contributed by atoms with Gasteiger partial charge in [-0.05, 0) is 31.5 Å². The first-order valence-corrected chi connectivity index (χ1v) is 10.7. The van der Waals surface area contributed by atoms with E-state index in [1.54, 1.807) is 25.1 Å². The van der Waals surface area contributed by atoms with Crippen LogP contribution in [-0.4, -0.2) is 31.6 Å². The predicted octanol–water partition coefficient (Wildman–Crippen LogP) is 6.27. The van der Waals surface area contributed by atoms with Crippen LogP contribution in [0.1, 0.15) is 48.6 Å². The summed E-state index contributed by atoms with van der Waals surface area (Å²) < 4.78 is 45.1. The minimum Gasteiger partial charge on any atom is -0.464 e. The van der Waals surface area contributed by atoms with Gasteiger partial charge in [-0.15, -0.1) is 0 Å². The Morgan fingerprint density at radius 3 is 2.30 bits per heavy atom. The number of esters is 1. The molecule has 0 saturated carbocycles. The molecule has 0 N–H and O–H groups in total. The van der Waals surface area contributed by atoms with Crippen molar-refractivity contribution in [3.8, 4) is 0 Å². The van der Waals surface area contributed by atoms with E-state index in [2.05, 4.69) is 26.2 Å². The normalized spacial score (nSPS) is 11.9. The lowest BCUT2D eigenvalue weighted by Gasteiger charge is -2.14. The highest BCUT2D eigenvalue weighted by Gasteiger charge is 2.34. The molecule has 0 radical (unpaired) electrons. The van der Waals surface area contributed by atoms with Gasteiger partial charge in [-0.2, -0.15) is 13.2 Å². The molecule has 2 aromatic carbocycles. The number of aryl methyl sites for hydroxylation is 1. The number of benzene rings is 2. The maximum atomic E-state index is 13.4. The Morgan fingerprint density at radius 1 is 1.06 bits per heavy atom. The fourth-order valence-corrected chi connectivity index (χ4v) is 3.17. The maximum Gasteiger partial charge on any atom is 0.417 e. The van der Waals surface area contributed by atoms with Gasteiger partial charge in [0, 0.05) is 21.2 Å². The highest BCUT2D eigenvalue weighted by atomic mass is 79.9. The van der Waals surface area contributed by atoms with Gasteiger partial charge >= 0.3 is 12.1 Å². The number of hydrogen-bond acceptors (Lipinski definition) is 6. The van der Waals surface area contributed by atoms with E-state index < -0.39 is 17.7 Å². The molecule has 2 aromatic rings. The molecule has 0 aliphatic rings. The SMILES string of the molecule is CC.CO/N=C(/C(=O)OC)c1cccc(C)c1CO/N=C(\C)c1ccc(Br)cc1C(F)(F)F. The first-order chi connectivity index (χ1) is 15.6. The number of hydrogen-bond donors (Lipinski definition) is 0. The molecule has 0 heterocycles. The van der Waals surface area contributed by atoms with E-state index in [0.29, 0.717) is 15.6 Å². The second-order valence-corrected chi connectivity index (χ2v) is 7.27. The van der Waals surface area contributed by atoms with Crippen molar-refractivity contribution in [3.63, 3.8) is 0 Å². The van der Waals surface area contributed by atoms with Gasteiger partial charge in [0.05, 0.1) is 18.4 Å². The van der Waals surface area contributed by atoms with Gasteiger partial charge in [-0.3, -0.25) is 0 Å². The van der Waals surface area contributed by atoms with Crippen molar-refractivity contribution < 1.29 is 32.4 Å². The molecule has 0 atom stereocenters. The summed E-state index contributed by atoms with van der Waals surface area (Å²) in [6.45, 7) is 7.09. The first kappa shape index (κ1) is 28.2. The van der Waals surface area contributed by atoms with Crippen LogP contribution < -0.4 is 0 Å². The molecule has 10 heteroatoms. The standard InChI is InChI=1S/C21H20BrF3N2O4.C2H6/c1-12-6-5-7-16(19(27-30-4)20(28)29-3)17(12)11-31-26-13(2)15-9-8-14(22)10-18(15)21(23,24)25;1-2/h5-10H,11H2,1-4H3;1-2H3/b26-13+,27-19+;. The summed E-state index contributed by atoms with van der Waals surface area (Å²) in [5.74, 6) is -0.710. The number of oxime groups is 2. The fourth-order valence-electron chi connectivity index (χ4n) is 2.81. The summed E-state index contributed by atoms with van der Waals surface area (Å²) in [5, 5.41) is 7.59. The van der Waals surface area contributed by atoms with Crippen molar-refractivity contribution in [1.82, 2.24) is 0 Å². The van der Waals surface area contributed by atoms with E-state index in [-0.39, 0.29) is 23.6 Å². The zero-order valence-corrected chi connectivity index (χ0v) is 20.8. The van der Waals surface area contributed by atoms with Crippen LogP contribution in [0.3, 0.4) is 0 Å². The maximum absolute atomic E-state index is 13.4. The molecule has 0 unspecified atom stereocenters. The summed E-state index contributed by atoms with van der Waals surface area (Å²) in [4.78, 5) is 22.2. The summed E-state index contributed by atoms with van der Waals surface area (Å²) in [5.41, 5.74) is 0.778. The molecule has 2 rings (SSSR count). The molecule has 0 aromatic heterocycles. The molecule has 180 valence electrons. The third kappa shape index (κ3) is 7.59. The summed E-state index contributed by atoms with van der Waals surface area (Å²) in [7, 11) is 2.50. The number of ether oxygens (including phenoxy) is 1. The van der Waals surface area contributed by atoms with Gasteiger partial charge < -0.3 is 14.4 Å². The van der Waals surface area contributed by atoms with Crippen LogP contribution in [0.25, 0.3) is 0 Å². The average Bonchev–Trinajstić information content (AvgIpc) is 2.78. The van der Waals surface area contributed by atoms with Gasteiger partial charge in [0.25, 0.3) is 0 Å². The van der Waals surface area contributed by atoms with E-state index in [1.165, 1.54) is 33.3 Å². The zero-order chi connectivity index (χ0) is 25.2. The van der Waals surface area contributed by atoms with Crippen LogP contribution in [0.15, 0.2) is 51.2 Å². The van der Waals surface area contributed by atoms with Crippen LogP contribution in [0, 0.1) is 6.92 Å². The molecule has 0 aliphatic heterocycles. The Hall–Kier alpha value is -2.88. The number of nitrogens with zero attached hydrogens (tertiary/aromatic N) is 2. The quantitative estimate of drug-likeness (QED) is 0.240. The second-order valence-electron chi connectivity index (χ2n) is 6.35. The summed E-state index contributed by atoms with van der Waals surface area (Å²) >= 11 is 3.05. The van der Waals surface area contributed by atoms with Crippen molar-refractivity contribution >= 4 is 33.3 Å². The van der Waals surface area contributed by atoms with Crippen molar-refractivity contribution in [2.24, 2.45) is 10.3 Å². The van der Waals surface area contributed by atoms with Crippen LogP contribution in [0.5, 0.6) is 0 Å². The average molecular weight is 531 g/mol. The van der Waals surface area contributed by atoms with Crippen LogP contribution in [0.4, 0.5) is 13.2 Å². The largest absolute Gasteiger partial charge is 0.464 e. The van der Waals surface area contributed by atoms with Crippen molar-refractivity contribution in [1.29, 1.82) is 0 Å². The number of carbonyl (C=O) groups is 1. The molecule has 6 nitrogen and oxygen atoms in total. The predicted molar refractivity (Wildman–Crippen MR) is 124 cm³/mol. The Bertz CT molecular complexity index is 1020. The van der Waals surface area contributed by atoms with Gasteiger partial charge in [0.1, 0.15) is 13.7 Å². The van der Waals surface area contributed by atoms with Crippen molar-refractivity contribution in [2.75, 3.05) is 14.2 Å². The summed E-state index contributed by atoms with van der Waals surface area (Å²) in [6.07, 6.45) is -4.55. The smallest absolute Gasteiger partial charge is 0.417 e. The monoisotopic (exact) mass is 530 g/mol. The number of halogens is 4. The van der Waals surface area contributed by atoms with Gasteiger partial charge in [-0.25, -0.2) is 4.79 Å². The fraction of sp³-hybridized carbons (Fsp3) is 0.348. The van der Waals surface area contributed by atoms with Crippen LogP contribution in [-0.2, 0) is 32.0 Å². The minimum atomic E-state index is -4.55. The molecule has 0 saturated heterocycles. The van der Waals surface area contributed by atoms with E-state index in [1.807, 2.05) is 13.8 Å². The molecule has 0 amide bonds. The van der Waals surface area contributed by atoms with Gasteiger partial charge in [0.15, 0.2) is 5.71 Å². The Balaban J connectivity index is 0.00000265. The Morgan fingerprint density at radius 2 is 1.73 bits per heavy atom. The van der Waals surface area contributed by atoms with E-state index in [4.69, 9.17) is 14.4 Å². The topological polar surface area (TPSA) is 69.5 Å². The molecule has 0 fully saturated rings. The van der Waals surface area contributed by atoms with E-state index in [9.17, 15) is 18.0 Å². The highest BCUT2D eigenvalue weighted by molar-refractivity contribution is 9.10. The van der Waals surface area contributed by atoms with E-state index in [0.717, 1.165) is 11.6 Å². The van der Waals surface area contributed by atoms with Crippen molar-refractivity contribution in [2.45, 2.75) is 40.5 Å². The lowest BCUT2D eigenvalue weighted by molar-refractivity contribution is -0.137. The van der Waals surface area contributed by atoms with Crippen LogP contribution >= 0.6 is 15.9 Å². The molecule has 0 aliphatic carbocycles. The third-order valence-electron chi connectivity index (χ3n) is 4.31. The number of alkyl halides is 3. The molecule has 0 spiro atoms. The van der Waals surface area contributed by atoms with Crippen LogP contribution in [0.2, 0.25) is 0 Å². The Labute approximate surface area is 199 Å². The molecule has 33 heavy (non-hydrogen) atoms. The molecule has 0 bridgehead atoms. The Kier molecular flexibility index (Phi) is 11.1. The zero-order valence-electron chi connectivity index (χ0n) is 19.2. The highest BCUT2D eigenvalue weighted by Crippen LogP contribution is 2.34. The molecular formula is C23H26BrF3N2O4. The first-order valence-electron chi connectivity index (χ1n) is 9.92. The summed E-state index contributed by atoms with van der Waals surface area (Å²) in [6, 6.07) is 8.93. The van der Waals surface area contributed by atoms with Crippen molar-refractivity contribution in [3.05, 3.63) is 68.7 Å². The number of rotatable bonds is 7. The lowest BCUT2D eigenvalue weighted by Crippen LogP contribution is -2.20. The number of carbonyl (C=O) groups excluding carboxylic acids is 1. The molecular weight excluding hydrogens is 505 g/mol. The third-order valence-corrected chi connectivity index (χ3v) is 4.81. The lowest BCUT2D eigenvalue weighted by atomic mass is 9.99. The van der Waals surface area contributed by atoms with Gasteiger partial charge in [0.2, 0.25) is 0 Å². The second kappa shape index (κ2) is 13.0. The number of methoxy groups -OCH3 is 1. The van der Waals surface area contributed by atoms with E-state index >= 15 is 0 Å². The minimum absolute atomic E-state index is 0.0497. The van der Waals surface area contributed by atoms with Gasteiger partial charge in [-0.1, -0.05) is 64.4 Å².